The Bertz CT molecular complexity index is 2410. The van der Waals surface area contributed by atoms with Gasteiger partial charge in [0.15, 0.2) is 0 Å². The number of rotatable bonds is 2. The summed E-state index contributed by atoms with van der Waals surface area (Å²) in [6.07, 6.45) is 0. The van der Waals surface area contributed by atoms with Gasteiger partial charge in [0.2, 0.25) is 0 Å². The topological polar surface area (TPSA) is 18.1 Å². The number of para-hydroxylation sites is 1. The third-order valence-electron chi connectivity index (χ3n) is 8.35. The Hall–Kier alpha value is -5.34. The van der Waals surface area contributed by atoms with E-state index in [0.717, 1.165) is 27.8 Å². The zero-order valence-electron chi connectivity index (χ0n) is 21.6. The molecule has 0 aliphatic carbocycles. The largest absolute Gasteiger partial charge is 0.456 e. The summed E-state index contributed by atoms with van der Waals surface area (Å²) in [5, 5.41) is 9.79. The van der Waals surface area contributed by atoms with Gasteiger partial charge in [-0.1, -0.05) is 97.1 Å². The minimum absolute atomic E-state index is 0.912. The molecule has 0 bridgehead atoms. The van der Waals surface area contributed by atoms with Crippen molar-refractivity contribution in [1.29, 1.82) is 0 Å². The van der Waals surface area contributed by atoms with Crippen LogP contribution in [0.2, 0.25) is 0 Å². The van der Waals surface area contributed by atoms with Crippen LogP contribution < -0.4 is 0 Å². The van der Waals surface area contributed by atoms with Crippen LogP contribution in [-0.2, 0) is 0 Å². The maximum atomic E-state index is 6.49. The molecule has 0 unspecified atom stereocenters. The minimum atomic E-state index is 0.912. The average Bonchev–Trinajstić information content (AvgIpc) is 3.55. The lowest BCUT2D eigenvalue weighted by Gasteiger charge is -2.09. The van der Waals surface area contributed by atoms with Crippen molar-refractivity contribution >= 4 is 65.3 Å². The number of nitrogens with zero attached hydrogens (tertiary/aromatic N) is 1. The van der Waals surface area contributed by atoms with Crippen molar-refractivity contribution in [2.75, 3.05) is 0 Å². The Balaban J connectivity index is 1.44. The highest BCUT2D eigenvalue weighted by molar-refractivity contribution is 6.27. The normalized spacial score (nSPS) is 12.0. The van der Waals surface area contributed by atoms with Crippen molar-refractivity contribution in [1.82, 2.24) is 4.57 Å². The summed E-state index contributed by atoms with van der Waals surface area (Å²) in [5.74, 6) is 0. The standard InChI is InChI=1S/C38H23NO/c1-3-9-24(10-4-1)26-15-18-30-27(21-26)16-19-33-37(30)31-22-32-36(23-34(31)39(33)28-12-5-2-6-13-28)40-35-20-17-25-11-7-8-14-29(25)38(32)35/h1-23H. The molecule has 0 aliphatic heterocycles. The van der Waals surface area contributed by atoms with E-state index in [1.807, 2.05) is 0 Å². The van der Waals surface area contributed by atoms with Crippen molar-refractivity contribution in [3.63, 3.8) is 0 Å². The van der Waals surface area contributed by atoms with Gasteiger partial charge in [0.1, 0.15) is 11.2 Å². The van der Waals surface area contributed by atoms with Gasteiger partial charge in [0, 0.05) is 33.3 Å². The van der Waals surface area contributed by atoms with Gasteiger partial charge < -0.3 is 8.98 Å². The molecule has 9 rings (SSSR count). The number of hydrogen-bond acceptors (Lipinski definition) is 1. The quantitative estimate of drug-likeness (QED) is 0.227. The molecule has 2 nitrogen and oxygen atoms in total. The van der Waals surface area contributed by atoms with Crippen molar-refractivity contribution in [2.45, 2.75) is 0 Å². The third-order valence-corrected chi connectivity index (χ3v) is 8.35. The highest BCUT2D eigenvalue weighted by atomic mass is 16.3. The van der Waals surface area contributed by atoms with E-state index >= 15 is 0 Å². The van der Waals surface area contributed by atoms with E-state index < -0.39 is 0 Å². The van der Waals surface area contributed by atoms with Gasteiger partial charge in [-0.2, -0.15) is 0 Å². The van der Waals surface area contributed by atoms with Crippen LogP contribution in [-0.4, -0.2) is 4.57 Å². The second-order valence-corrected chi connectivity index (χ2v) is 10.6. The summed E-state index contributed by atoms with van der Waals surface area (Å²) >= 11 is 0. The number of aromatic nitrogens is 1. The molecule has 7 aromatic carbocycles. The van der Waals surface area contributed by atoms with Crippen LogP contribution in [0.4, 0.5) is 0 Å². The molecular formula is C38H23NO. The van der Waals surface area contributed by atoms with E-state index in [2.05, 4.69) is 144 Å². The first-order valence-electron chi connectivity index (χ1n) is 13.7. The van der Waals surface area contributed by atoms with Crippen molar-refractivity contribution in [3.8, 4) is 16.8 Å². The molecule has 0 aliphatic rings. The van der Waals surface area contributed by atoms with Gasteiger partial charge in [-0.15, -0.1) is 0 Å². The van der Waals surface area contributed by atoms with Crippen LogP contribution in [0.25, 0.3) is 82.1 Å². The zero-order chi connectivity index (χ0) is 26.2. The van der Waals surface area contributed by atoms with Crippen molar-refractivity contribution in [2.24, 2.45) is 0 Å². The second kappa shape index (κ2) is 8.08. The Labute approximate surface area is 230 Å². The van der Waals surface area contributed by atoms with Crippen molar-refractivity contribution < 1.29 is 4.42 Å². The van der Waals surface area contributed by atoms with Gasteiger partial charge in [-0.25, -0.2) is 0 Å². The third kappa shape index (κ3) is 2.99. The van der Waals surface area contributed by atoms with Crippen LogP contribution >= 0.6 is 0 Å². The second-order valence-electron chi connectivity index (χ2n) is 10.6. The van der Waals surface area contributed by atoms with E-state index in [1.165, 1.54) is 54.3 Å². The number of fused-ring (bicyclic) bond motifs is 10. The van der Waals surface area contributed by atoms with Gasteiger partial charge in [-0.3, -0.25) is 0 Å². The summed E-state index contributed by atoms with van der Waals surface area (Å²) in [5.41, 5.74) is 7.79. The summed E-state index contributed by atoms with van der Waals surface area (Å²) in [4.78, 5) is 0. The van der Waals surface area contributed by atoms with Gasteiger partial charge in [-0.05, 0) is 69.1 Å². The summed E-state index contributed by atoms with van der Waals surface area (Å²) < 4.78 is 8.87. The van der Waals surface area contributed by atoms with Crippen LogP contribution in [0.1, 0.15) is 0 Å². The van der Waals surface area contributed by atoms with Crippen LogP contribution in [0, 0.1) is 0 Å². The molecule has 2 heteroatoms. The first kappa shape index (κ1) is 21.6. The minimum Gasteiger partial charge on any atom is -0.456 e. The molecule has 0 saturated heterocycles. The van der Waals surface area contributed by atoms with E-state index in [0.29, 0.717) is 0 Å². The number of furan rings is 1. The van der Waals surface area contributed by atoms with Crippen LogP contribution in [0.3, 0.4) is 0 Å². The molecular weight excluding hydrogens is 486 g/mol. The van der Waals surface area contributed by atoms with E-state index in [-0.39, 0.29) is 0 Å². The Morgan fingerprint density at radius 2 is 1.15 bits per heavy atom. The molecule has 0 radical (unpaired) electrons. The Morgan fingerprint density at radius 3 is 2.02 bits per heavy atom. The fraction of sp³-hybridized carbons (Fsp3) is 0. The van der Waals surface area contributed by atoms with Gasteiger partial charge in [0.25, 0.3) is 0 Å². The van der Waals surface area contributed by atoms with Crippen LogP contribution in [0.15, 0.2) is 144 Å². The molecule has 40 heavy (non-hydrogen) atoms. The smallest absolute Gasteiger partial charge is 0.137 e. The Kier molecular flexibility index (Phi) is 4.36. The molecule has 9 aromatic rings. The van der Waals surface area contributed by atoms with E-state index in [1.54, 1.807) is 0 Å². The molecule has 0 atom stereocenters. The van der Waals surface area contributed by atoms with E-state index in [9.17, 15) is 0 Å². The zero-order valence-corrected chi connectivity index (χ0v) is 21.6. The summed E-state index contributed by atoms with van der Waals surface area (Å²) in [6, 6.07) is 50.0. The molecule has 0 saturated carbocycles. The van der Waals surface area contributed by atoms with Gasteiger partial charge in [0.05, 0.1) is 11.0 Å². The maximum Gasteiger partial charge on any atom is 0.137 e. The fourth-order valence-electron chi connectivity index (χ4n) is 6.55. The Morgan fingerprint density at radius 1 is 0.400 bits per heavy atom. The molecule has 0 fully saturated rings. The molecule has 2 aromatic heterocycles. The average molecular weight is 510 g/mol. The van der Waals surface area contributed by atoms with Crippen LogP contribution in [0.5, 0.6) is 0 Å². The first-order valence-corrected chi connectivity index (χ1v) is 13.7. The molecule has 0 N–H and O–H groups in total. The van der Waals surface area contributed by atoms with E-state index in [4.69, 9.17) is 4.42 Å². The summed E-state index contributed by atoms with van der Waals surface area (Å²) in [7, 11) is 0. The molecule has 2 heterocycles. The predicted octanol–water partition coefficient (Wildman–Crippen LogP) is 10.7. The highest BCUT2D eigenvalue weighted by Gasteiger charge is 2.19. The number of benzene rings is 7. The molecule has 186 valence electrons. The SMILES string of the molecule is c1ccc(-c2ccc3c(ccc4c3c3cc5c(cc3n4-c3ccccc3)oc3ccc4ccccc4c35)c2)cc1. The fourth-order valence-corrected chi connectivity index (χ4v) is 6.55. The predicted molar refractivity (Wildman–Crippen MR) is 169 cm³/mol. The molecule has 0 spiro atoms. The maximum absolute atomic E-state index is 6.49. The van der Waals surface area contributed by atoms with Gasteiger partial charge >= 0.3 is 0 Å². The number of hydrogen-bond donors (Lipinski definition) is 0. The lowest BCUT2D eigenvalue weighted by molar-refractivity contribution is 0.669. The summed E-state index contributed by atoms with van der Waals surface area (Å²) in [6.45, 7) is 0. The lowest BCUT2D eigenvalue weighted by Crippen LogP contribution is -1.93. The van der Waals surface area contributed by atoms with Crippen molar-refractivity contribution in [3.05, 3.63) is 140 Å². The first-order chi connectivity index (χ1) is 19.8. The highest BCUT2D eigenvalue weighted by Crippen LogP contribution is 2.42. The lowest BCUT2D eigenvalue weighted by atomic mass is 9.97. The molecule has 0 amide bonds. The monoisotopic (exact) mass is 509 g/mol.